The van der Waals surface area contributed by atoms with Gasteiger partial charge in [-0.2, -0.15) is 0 Å². The minimum Gasteiger partial charge on any atom is -0.349 e. The quantitative estimate of drug-likeness (QED) is 0.723. The highest BCUT2D eigenvalue weighted by atomic mass is 32.2. The van der Waals surface area contributed by atoms with Crippen molar-refractivity contribution in [1.82, 2.24) is 4.90 Å². The summed E-state index contributed by atoms with van der Waals surface area (Å²) in [5, 5.41) is 0. The van der Waals surface area contributed by atoms with Crippen LogP contribution in [0, 0.1) is 6.92 Å². The number of sulfone groups is 1. The molecule has 0 saturated heterocycles. The van der Waals surface area contributed by atoms with Crippen molar-refractivity contribution >= 4 is 15.7 Å². The topological polar surface area (TPSA) is 54.5 Å². The van der Waals surface area contributed by atoms with E-state index in [0.29, 0.717) is 0 Å². The van der Waals surface area contributed by atoms with Gasteiger partial charge < -0.3 is 4.90 Å². The maximum atomic E-state index is 10.1. The van der Waals surface area contributed by atoms with Crippen molar-refractivity contribution < 1.29 is 13.2 Å². The van der Waals surface area contributed by atoms with Crippen LogP contribution in [0.25, 0.3) is 0 Å². The number of hydrogen-bond acceptors (Lipinski definition) is 3. The maximum absolute atomic E-state index is 10.1. The van der Waals surface area contributed by atoms with E-state index < -0.39 is 9.84 Å². The van der Waals surface area contributed by atoms with Crippen LogP contribution in [0.2, 0.25) is 0 Å². The fraction of sp³-hybridized carbons (Fsp3) is 0.462. The first-order valence-corrected chi connectivity index (χ1v) is 7.68. The van der Waals surface area contributed by atoms with E-state index in [9.17, 15) is 13.2 Å². The molecule has 0 fully saturated rings. The van der Waals surface area contributed by atoms with Gasteiger partial charge in [0, 0.05) is 33.5 Å². The second-order valence-corrected chi connectivity index (χ2v) is 6.50. The lowest BCUT2D eigenvalue weighted by Gasteiger charge is -2.02. The largest absolute Gasteiger partial charge is 0.349 e. The van der Waals surface area contributed by atoms with Crippen LogP contribution in [0.5, 0.6) is 0 Å². The fourth-order valence-corrected chi connectivity index (χ4v) is 0.534. The Bertz CT molecular complexity index is 417. The summed E-state index contributed by atoms with van der Waals surface area (Å²) in [4.78, 5) is 11.6. The van der Waals surface area contributed by atoms with Gasteiger partial charge in [-0.05, 0) is 6.92 Å². The second-order valence-electron chi connectivity index (χ2n) is 4.21. The average molecular weight is 273 g/mol. The van der Waals surface area contributed by atoms with Crippen molar-refractivity contribution in [1.29, 1.82) is 0 Å². The van der Waals surface area contributed by atoms with Crippen molar-refractivity contribution in [2.24, 2.45) is 0 Å². The van der Waals surface area contributed by atoms with Gasteiger partial charge in [-0.25, -0.2) is 8.42 Å². The van der Waals surface area contributed by atoms with Crippen LogP contribution in [0.15, 0.2) is 30.3 Å². The van der Waals surface area contributed by atoms with Crippen molar-refractivity contribution in [3.63, 3.8) is 0 Å². The van der Waals surface area contributed by atoms with Gasteiger partial charge in [0.1, 0.15) is 9.84 Å². The predicted molar refractivity (Wildman–Crippen MR) is 76.3 cm³/mol. The smallest absolute Gasteiger partial charge is 0.218 e. The molecule has 1 aromatic carbocycles. The normalized spacial score (nSPS) is 9.22. The summed E-state index contributed by atoms with van der Waals surface area (Å²) in [5.41, 5.74) is 1.32. The van der Waals surface area contributed by atoms with E-state index in [2.05, 4.69) is 19.1 Å². The number of amides is 1. The number of aryl methyl sites for hydroxylation is 1. The molecular formula is C13H23NO3S. The molecule has 1 aromatic rings. The first-order valence-electron chi connectivity index (χ1n) is 5.38. The zero-order valence-electron chi connectivity index (χ0n) is 12.0. The van der Waals surface area contributed by atoms with Gasteiger partial charge in [0.25, 0.3) is 0 Å². The molecule has 0 aliphatic rings. The predicted octanol–water partition coefficient (Wildman–Crippen LogP) is 1.75. The van der Waals surface area contributed by atoms with E-state index in [1.54, 1.807) is 14.1 Å². The van der Waals surface area contributed by atoms with Crippen LogP contribution in [0.3, 0.4) is 0 Å². The van der Waals surface area contributed by atoms with E-state index in [0.717, 1.165) is 12.5 Å². The molecule has 0 heterocycles. The number of carbonyl (C=O) groups excluding carboxylic acids is 1. The summed E-state index contributed by atoms with van der Waals surface area (Å²) in [6, 6.07) is 10.3. The van der Waals surface area contributed by atoms with E-state index in [1.165, 1.54) is 17.4 Å². The highest BCUT2D eigenvalue weighted by Gasteiger charge is 1.87. The molecule has 104 valence electrons. The Morgan fingerprint density at radius 2 is 1.33 bits per heavy atom. The van der Waals surface area contributed by atoms with Gasteiger partial charge in [-0.3, -0.25) is 4.79 Å². The summed E-state index contributed by atoms with van der Waals surface area (Å²) >= 11 is 0. The lowest BCUT2D eigenvalue weighted by Crippen LogP contribution is -2.17. The minimum absolute atomic E-state index is 0.0926. The SMILES string of the molecule is CC(=O)N(C)C.CS(C)(=O)=O.Cc1ccccc1. The van der Waals surface area contributed by atoms with Crippen molar-refractivity contribution in [2.45, 2.75) is 13.8 Å². The van der Waals surface area contributed by atoms with E-state index >= 15 is 0 Å². The molecule has 0 spiro atoms. The fourth-order valence-electron chi connectivity index (χ4n) is 0.534. The zero-order chi connectivity index (χ0) is 14.8. The summed E-state index contributed by atoms with van der Waals surface area (Å²) in [6.45, 7) is 3.61. The van der Waals surface area contributed by atoms with Crippen molar-refractivity contribution in [3.8, 4) is 0 Å². The van der Waals surface area contributed by atoms with Crippen LogP contribution >= 0.6 is 0 Å². The van der Waals surface area contributed by atoms with E-state index in [4.69, 9.17) is 0 Å². The Hall–Kier alpha value is -1.36. The summed E-state index contributed by atoms with van der Waals surface area (Å²) < 4.78 is 19.3. The van der Waals surface area contributed by atoms with Gasteiger partial charge in [0.15, 0.2) is 0 Å². The number of nitrogens with zero attached hydrogens (tertiary/aromatic N) is 1. The average Bonchev–Trinajstić information content (AvgIpc) is 2.16. The third-order valence-electron chi connectivity index (χ3n) is 1.57. The molecule has 0 aromatic heterocycles. The molecule has 0 N–H and O–H groups in total. The number of rotatable bonds is 0. The van der Waals surface area contributed by atoms with Gasteiger partial charge in [0.2, 0.25) is 5.91 Å². The van der Waals surface area contributed by atoms with Crippen LogP contribution in [-0.4, -0.2) is 45.8 Å². The molecular weight excluding hydrogens is 250 g/mol. The third kappa shape index (κ3) is 24.1. The van der Waals surface area contributed by atoms with Gasteiger partial charge in [-0.15, -0.1) is 0 Å². The van der Waals surface area contributed by atoms with Crippen molar-refractivity contribution in [3.05, 3.63) is 35.9 Å². The van der Waals surface area contributed by atoms with Crippen LogP contribution in [-0.2, 0) is 14.6 Å². The Morgan fingerprint density at radius 1 is 1.06 bits per heavy atom. The Kier molecular flexibility index (Phi) is 10.2. The maximum Gasteiger partial charge on any atom is 0.218 e. The van der Waals surface area contributed by atoms with E-state index in [-0.39, 0.29) is 5.91 Å². The molecule has 0 bridgehead atoms. The number of benzene rings is 1. The summed E-state index contributed by atoms with van der Waals surface area (Å²) in [6.07, 6.45) is 2.32. The molecule has 0 saturated carbocycles. The first-order chi connectivity index (χ1) is 8.04. The number of hydrogen-bond donors (Lipinski definition) is 0. The molecule has 5 heteroatoms. The van der Waals surface area contributed by atoms with Gasteiger partial charge >= 0.3 is 0 Å². The standard InChI is InChI=1S/C7H8.C4H9NO.C2H6O2S/c1-7-5-3-2-4-6-7;1-4(6)5(2)3;1-5(2,3)4/h2-6H,1H3;1-3H3;1-2H3. The van der Waals surface area contributed by atoms with Crippen molar-refractivity contribution in [2.75, 3.05) is 26.6 Å². The zero-order valence-corrected chi connectivity index (χ0v) is 12.8. The van der Waals surface area contributed by atoms with Crippen LogP contribution < -0.4 is 0 Å². The first kappa shape index (κ1) is 19.0. The lowest BCUT2D eigenvalue weighted by molar-refractivity contribution is -0.126. The monoisotopic (exact) mass is 273 g/mol. The molecule has 0 radical (unpaired) electrons. The van der Waals surface area contributed by atoms with Gasteiger partial charge in [0.05, 0.1) is 0 Å². The number of carbonyl (C=O) groups is 1. The van der Waals surface area contributed by atoms with Gasteiger partial charge in [-0.1, -0.05) is 35.9 Å². The Balaban J connectivity index is 0. The molecule has 0 unspecified atom stereocenters. The van der Waals surface area contributed by atoms with Crippen LogP contribution in [0.1, 0.15) is 12.5 Å². The highest BCUT2D eigenvalue weighted by molar-refractivity contribution is 7.89. The molecule has 18 heavy (non-hydrogen) atoms. The molecule has 4 nitrogen and oxygen atoms in total. The van der Waals surface area contributed by atoms with Crippen LogP contribution in [0.4, 0.5) is 0 Å². The summed E-state index contributed by atoms with van der Waals surface area (Å²) in [7, 11) is 0.782. The minimum atomic E-state index is -2.67. The molecule has 0 aliphatic carbocycles. The lowest BCUT2D eigenvalue weighted by atomic mass is 10.2. The molecule has 0 aliphatic heterocycles. The Labute approximate surface area is 111 Å². The molecule has 1 rings (SSSR count). The molecule has 0 atom stereocenters. The summed E-state index contributed by atoms with van der Waals surface area (Å²) in [5.74, 6) is 0.0926. The highest BCUT2D eigenvalue weighted by Crippen LogP contribution is 1.92. The Morgan fingerprint density at radius 3 is 1.44 bits per heavy atom. The second kappa shape index (κ2) is 9.65. The van der Waals surface area contributed by atoms with E-state index in [1.807, 2.05) is 18.2 Å². The third-order valence-corrected chi connectivity index (χ3v) is 1.57. The molecule has 1 amide bonds.